The van der Waals surface area contributed by atoms with Gasteiger partial charge in [-0.25, -0.2) is 0 Å². The second-order valence-electron chi connectivity index (χ2n) is 4.19. The molecular formula is C14H17N3O. The second kappa shape index (κ2) is 5.49. The van der Waals surface area contributed by atoms with E-state index in [9.17, 15) is 4.79 Å². The fourth-order valence-electron chi connectivity index (χ4n) is 1.73. The van der Waals surface area contributed by atoms with Crippen molar-refractivity contribution in [1.29, 1.82) is 0 Å². The second-order valence-corrected chi connectivity index (χ2v) is 4.19. The first-order valence-electron chi connectivity index (χ1n) is 6.04. The van der Waals surface area contributed by atoms with Crippen molar-refractivity contribution < 1.29 is 4.79 Å². The van der Waals surface area contributed by atoms with Crippen LogP contribution in [0.1, 0.15) is 29.4 Å². The average molecular weight is 243 g/mol. The monoisotopic (exact) mass is 243 g/mol. The molecule has 0 amide bonds. The predicted molar refractivity (Wildman–Crippen MR) is 71.6 cm³/mol. The molecule has 0 saturated carbocycles. The Balaban J connectivity index is 1.96. The fraction of sp³-hybridized carbons (Fsp3) is 0.286. The van der Waals surface area contributed by atoms with Gasteiger partial charge in [-0.05, 0) is 30.3 Å². The van der Waals surface area contributed by atoms with E-state index in [1.165, 1.54) is 0 Å². The van der Waals surface area contributed by atoms with Crippen LogP contribution in [-0.4, -0.2) is 15.6 Å². The number of hydrogen-bond acceptors (Lipinski definition) is 3. The number of anilines is 1. The standard InChI is InChI=1S/C14H17N3O/c1-3-14(18)11-4-6-12(7-5-11)15-10-13-8-9-17(2)16-13/h4-9,15H,3,10H2,1-2H3. The van der Waals surface area contributed by atoms with Crippen molar-refractivity contribution >= 4 is 11.5 Å². The van der Waals surface area contributed by atoms with E-state index < -0.39 is 0 Å². The summed E-state index contributed by atoms with van der Waals surface area (Å²) in [5.74, 6) is 0.172. The molecule has 18 heavy (non-hydrogen) atoms. The molecule has 4 heteroatoms. The summed E-state index contributed by atoms with van der Waals surface area (Å²) in [5.41, 5.74) is 2.75. The van der Waals surface area contributed by atoms with Crippen LogP contribution >= 0.6 is 0 Å². The molecule has 4 nitrogen and oxygen atoms in total. The third-order valence-electron chi connectivity index (χ3n) is 2.77. The molecule has 0 aliphatic carbocycles. The van der Waals surface area contributed by atoms with Gasteiger partial charge in [-0.1, -0.05) is 6.92 Å². The van der Waals surface area contributed by atoms with Crippen LogP contribution < -0.4 is 5.32 Å². The van der Waals surface area contributed by atoms with Crippen LogP contribution in [0, 0.1) is 0 Å². The lowest BCUT2D eigenvalue weighted by atomic mass is 10.1. The highest BCUT2D eigenvalue weighted by molar-refractivity contribution is 5.96. The van der Waals surface area contributed by atoms with Crippen LogP contribution in [0.5, 0.6) is 0 Å². The summed E-state index contributed by atoms with van der Waals surface area (Å²) >= 11 is 0. The number of rotatable bonds is 5. The van der Waals surface area contributed by atoms with Crippen molar-refractivity contribution in [2.75, 3.05) is 5.32 Å². The van der Waals surface area contributed by atoms with Crippen LogP contribution in [0.2, 0.25) is 0 Å². The first kappa shape index (κ1) is 12.4. The molecule has 2 rings (SSSR count). The Morgan fingerprint density at radius 1 is 1.28 bits per heavy atom. The summed E-state index contributed by atoms with van der Waals surface area (Å²) in [7, 11) is 1.90. The lowest BCUT2D eigenvalue weighted by Gasteiger charge is -2.05. The molecule has 0 radical (unpaired) electrons. The minimum absolute atomic E-state index is 0.172. The zero-order chi connectivity index (χ0) is 13.0. The summed E-state index contributed by atoms with van der Waals surface area (Å²) in [6.07, 6.45) is 2.46. The lowest BCUT2D eigenvalue weighted by molar-refractivity contribution is 0.0988. The van der Waals surface area contributed by atoms with Gasteiger partial charge in [0.25, 0.3) is 0 Å². The molecule has 1 aromatic heterocycles. The Bertz CT molecular complexity index is 528. The molecule has 0 atom stereocenters. The third kappa shape index (κ3) is 2.97. The maximum absolute atomic E-state index is 11.5. The number of carbonyl (C=O) groups excluding carboxylic acids is 1. The number of aromatic nitrogens is 2. The van der Waals surface area contributed by atoms with Crippen molar-refractivity contribution in [3.8, 4) is 0 Å². The Kier molecular flexibility index (Phi) is 3.77. The van der Waals surface area contributed by atoms with E-state index >= 15 is 0 Å². The van der Waals surface area contributed by atoms with Gasteiger partial charge in [-0.2, -0.15) is 5.10 Å². The van der Waals surface area contributed by atoms with Gasteiger partial charge < -0.3 is 5.32 Å². The van der Waals surface area contributed by atoms with Crippen molar-refractivity contribution in [3.63, 3.8) is 0 Å². The first-order chi connectivity index (χ1) is 8.69. The quantitative estimate of drug-likeness (QED) is 0.821. The Morgan fingerprint density at radius 2 is 2.00 bits per heavy atom. The van der Waals surface area contributed by atoms with Crippen LogP contribution in [0.25, 0.3) is 0 Å². The van der Waals surface area contributed by atoms with E-state index in [1.807, 2.05) is 50.5 Å². The number of nitrogens with zero attached hydrogens (tertiary/aromatic N) is 2. The first-order valence-corrected chi connectivity index (χ1v) is 6.04. The number of aryl methyl sites for hydroxylation is 1. The Morgan fingerprint density at radius 3 is 2.56 bits per heavy atom. The molecule has 1 N–H and O–H groups in total. The van der Waals surface area contributed by atoms with E-state index in [0.29, 0.717) is 13.0 Å². The van der Waals surface area contributed by atoms with Crippen molar-refractivity contribution in [3.05, 3.63) is 47.8 Å². The molecule has 1 heterocycles. The summed E-state index contributed by atoms with van der Waals surface area (Å²) < 4.78 is 1.78. The van der Waals surface area contributed by atoms with Gasteiger partial charge in [-0.15, -0.1) is 0 Å². The molecule has 0 spiro atoms. The minimum atomic E-state index is 0.172. The maximum atomic E-state index is 11.5. The van der Waals surface area contributed by atoms with Crippen molar-refractivity contribution in [2.24, 2.45) is 7.05 Å². The summed E-state index contributed by atoms with van der Waals surface area (Å²) in [6, 6.07) is 9.53. The molecule has 0 bridgehead atoms. The van der Waals surface area contributed by atoms with Gasteiger partial charge in [0.05, 0.1) is 12.2 Å². The smallest absolute Gasteiger partial charge is 0.162 e. The van der Waals surface area contributed by atoms with Gasteiger partial charge in [0, 0.05) is 30.9 Å². The summed E-state index contributed by atoms with van der Waals surface area (Å²) in [5, 5.41) is 7.56. The highest BCUT2D eigenvalue weighted by Gasteiger charge is 2.02. The van der Waals surface area contributed by atoms with E-state index in [4.69, 9.17) is 0 Å². The molecule has 1 aromatic carbocycles. The predicted octanol–water partition coefficient (Wildman–Crippen LogP) is 2.62. The normalized spacial score (nSPS) is 10.3. The zero-order valence-electron chi connectivity index (χ0n) is 10.7. The molecular weight excluding hydrogens is 226 g/mol. The topological polar surface area (TPSA) is 46.9 Å². The van der Waals surface area contributed by atoms with Crippen LogP contribution in [0.4, 0.5) is 5.69 Å². The molecule has 0 fully saturated rings. The highest BCUT2D eigenvalue weighted by Crippen LogP contribution is 2.12. The summed E-state index contributed by atoms with van der Waals surface area (Å²) in [4.78, 5) is 11.5. The van der Waals surface area contributed by atoms with E-state index in [2.05, 4.69) is 10.4 Å². The zero-order valence-corrected chi connectivity index (χ0v) is 10.7. The number of ketones is 1. The fourth-order valence-corrected chi connectivity index (χ4v) is 1.73. The highest BCUT2D eigenvalue weighted by atomic mass is 16.1. The maximum Gasteiger partial charge on any atom is 0.162 e. The molecule has 94 valence electrons. The average Bonchev–Trinajstić information content (AvgIpc) is 2.82. The van der Waals surface area contributed by atoms with Crippen molar-refractivity contribution in [2.45, 2.75) is 19.9 Å². The number of carbonyl (C=O) groups is 1. The SMILES string of the molecule is CCC(=O)c1ccc(NCc2ccn(C)n2)cc1. The molecule has 0 aliphatic heterocycles. The Hall–Kier alpha value is -2.10. The van der Waals surface area contributed by atoms with Crippen LogP contribution in [0.15, 0.2) is 36.5 Å². The molecule has 0 unspecified atom stereocenters. The van der Waals surface area contributed by atoms with Gasteiger partial charge in [-0.3, -0.25) is 9.48 Å². The number of Topliss-reactive ketones (excluding diaryl/α,β-unsaturated/α-hetero) is 1. The van der Waals surface area contributed by atoms with Crippen molar-refractivity contribution in [1.82, 2.24) is 9.78 Å². The molecule has 0 saturated heterocycles. The van der Waals surface area contributed by atoms with E-state index in [-0.39, 0.29) is 5.78 Å². The third-order valence-corrected chi connectivity index (χ3v) is 2.77. The largest absolute Gasteiger partial charge is 0.379 e. The van der Waals surface area contributed by atoms with Gasteiger partial charge >= 0.3 is 0 Å². The lowest BCUT2D eigenvalue weighted by Crippen LogP contribution is -2.02. The minimum Gasteiger partial charge on any atom is -0.379 e. The number of benzene rings is 1. The van der Waals surface area contributed by atoms with E-state index in [0.717, 1.165) is 16.9 Å². The van der Waals surface area contributed by atoms with Crippen LogP contribution in [0.3, 0.4) is 0 Å². The van der Waals surface area contributed by atoms with Crippen LogP contribution in [-0.2, 0) is 13.6 Å². The Labute approximate surface area is 107 Å². The number of hydrogen-bond donors (Lipinski definition) is 1. The van der Waals surface area contributed by atoms with Gasteiger partial charge in [0.1, 0.15) is 0 Å². The van der Waals surface area contributed by atoms with E-state index in [1.54, 1.807) is 4.68 Å². The summed E-state index contributed by atoms with van der Waals surface area (Å²) in [6.45, 7) is 2.55. The molecule has 2 aromatic rings. The molecule has 0 aliphatic rings. The number of nitrogens with one attached hydrogen (secondary N) is 1. The van der Waals surface area contributed by atoms with Gasteiger partial charge in [0.15, 0.2) is 5.78 Å². The van der Waals surface area contributed by atoms with Gasteiger partial charge in [0.2, 0.25) is 0 Å².